The number of fused-ring (bicyclic) bond motifs is 1. The summed E-state index contributed by atoms with van der Waals surface area (Å²) >= 11 is 0. The second-order valence-corrected chi connectivity index (χ2v) is 4.03. The monoisotopic (exact) mass is 243 g/mol. The number of nitrogens with one attached hydrogen (secondary N) is 1. The van der Waals surface area contributed by atoms with Crippen LogP contribution in [0, 0.1) is 6.92 Å². The van der Waals surface area contributed by atoms with Crippen molar-refractivity contribution in [2.24, 2.45) is 0 Å². The van der Waals surface area contributed by atoms with E-state index in [1.807, 2.05) is 6.92 Å². The van der Waals surface area contributed by atoms with Crippen molar-refractivity contribution in [2.75, 3.05) is 5.73 Å². The molecule has 0 amide bonds. The summed E-state index contributed by atoms with van der Waals surface area (Å²) in [5.74, 6) is 0.860. The molecule has 7 heteroatoms. The second-order valence-electron chi connectivity index (χ2n) is 4.03. The standard InChI is InChI=1S/C11H13N7/c1-3-7-6(2)13-4-8-9(7)17-11(16-8)18-10(12)14-5-15-18/h4-5H,3H2,1-2H3,(H,16,17)(H2,12,14,15). The van der Waals surface area contributed by atoms with Crippen molar-refractivity contribution in [3.05, 3.63) is 23.8 Å². The van der Waals surface area contributed by atoms with E-state index in [1.165, 1.54) is 11.0 Å². The zero-order chi connectivity index (χ0) is 12.7. The summed E-state index contributed by atoms with van der Waals surface area (Å²) in [6.45, 7) is 4.07. The van der Waals surface area contributed by atoms with Gasteiger partial charge >= 0.3 is 0 Å². The third-order valence-electron chi connectivity index (χ3n) is 2.96. The summed E-state index contributed by atoms with van der Waals surface area (Å²) in [5.41, 5.74) is 9.63. The highest BCUT2D eigenvalue weighted by molar-refractivity contribution is 5.79. The van der Waals surface area contributed by atoms with E-state index in [1.54, 1.807) is 6.20 Å². The van der Waals surface area contributed by atoms with Gasteiger partial charge in [-0.1, -0.05) is 6.92 Å². The lowest BCUT2D eigenvalue weighted by Crippen LogP contribution is -2.03. The van der Waals surface area contributed by atoms with Crippen molar-refractivity contribution in [1.29, 1.82) is 0 Å². The molecule has 0 radical (unpaired) electrons. The van der Waals surface area contributed by atoms with Crippen LogP contribution in [0.3, 0.4) is 0 Å². The van der Waals surface area contributed by atoms with E-state index in [0.717, 1.165) is 28.7 Å². The molecule has 0 aromatic carbocycles. The molecule has 3 aromatic rings. The van der Waals surface area contributed by atoms with Crippen molar-refractivity contribution in [3.63, 3.8) is 0 Å². The van der Waals surface area contributed by atoms with Crippen molar-refractivity contribution < 1.29 is 0 Å². The van der Waals surface area contributed by atoms with Crippen LogP contribution in [-0.2, 0) is 6.42 Å². The van der Waals surface area contributed by atoms with Crippen LogP contribution in [0.2, 0.25) is 0 Å². The summed E-state index contributed by atoms with van der Waals surface area (Å²) in [5, 5.41) is 4.03. The molecule has 3 aromatic heterocycles. The molecule has 0 fully saturated rings. The van der Waals surface area contributed by atoms with Crippen molar-refractivity contribution >= 4 is 17.0 Å². The Hall–Kier alpha value is -2.44. The molecule has 92 valence electrons. The second kappa shape index (κ2) is 3.80. The van der Waals surface area contributed by atoms with E-state index in [2.05, 4.69) is 32.0 Å². The number of anilines is 1. The molecule has 3 rings (SSSR count). The van der Waals surface area contributed by atoms with Gasteiger partial charge in [0.1, 0.15) is 6.33 Å². The summed E-state index contributed by atoms with van der Waals surface area (Å²) in [7, 11) is 0. The van der Waals surface area contributed by atoms with Gasteiger partial charge in [-0.2, -0.15) is 14.8 Å². The molecule has 0 bridgehead atoms. The Balaban J connectivity index is 2.26. The fraction of sp³-hybridized carbons (Fsp3) is 0.273. The summed E-state index contributed by atoms with van der Waals surface area (Å²) in [6.07, 6.45) is 4.05. The van der Waals surface area contributed by atoms with Crippen LogP contribution in [-0.4, -0.2) is 29.7 Å². The first-order valence-corrected chi connectivity index (χ1v) is 5.70. The third-order valence-corrected chi connectivity index (χ3v) is 2.96. The number of hydrogen-bond donors (Lipinski definition) is 2. The minimum absolute atomic E-state index is 0.303. The molecule has 0 aliphatic rings. The Kier molecular flexibility index (Phi) is 2.26. The van der Waals surface area contributed by atoms with Crippen LogP contribution < -0.4 is 5.73 Å². The fourth-order valence-corrected chi connectivity index (χ4v) is 2.05. The van der Waals surface area contributed by atoms with Crippen LogP contribution in [0.1, 0.15) is 18.2 Å². The third kappa shape index (κ3) is 1.44. The van der Waals surface area contributed by atoms with Gasteiger partial charge in [0.05, 0.1) is 17.2 Å². The highest BCUT2D eigenvalue weighted by Crippen LogP contribution is 2.20. The lowest BCUT2D eigenvalue weighted by Gasteiger charge is -2.00. The van der Waals surface area contributed by atoms with Gasteiger partial charge in [-0.05, 0) is 13.3 Å². The Morgan fingerprint density at radius 3 is 2.89 bits per heavy atom. The number of nitrogens with zero attached hydrogens (tertiary/aromatic N) is 5. The van der Waals surface area contributed by atoms with Gasteiger partial charge < -0.3 is 10.7 Å². The number of aromatic nitrogens is 6. The van der Waals surface area contributed by atoms with Gasteiger partial charge in [0.25, 0.3) is 0 Å². The molecule has 0 unspecified atom stereocenters. The molecule has 0 aliphatic heterocycles. The Morgan fingerprint density at radius 2 is 2.22 bits per heavy atom. The first-order chi connectivity index (χ1) is 8.70. The van der Waals surface area contributed by atoms with Crippen LogP contribution in [0.15, 0.2) is 12.5 Å². The molecule has 0 spiro atoms. The van der Waals surface area contributed by atoms with E-state index in [9.17, 15) is 0 Å². The normalized spacial score (nSPS) is 11.2. The van der Waals surface area contributed by atoms with Gasteiger partial charge in [0.15, 0.2) is 0 Å². The summed E-state index contributed by atoms with van der Waals surface area (Å²) in [4.78, 5) is 15.9. The fourth-order valence-electron chi connectivity index (χ4n) is 2.05. The molecule has 7 nitrogen and oxygen atoms in total. The molecule has 3 N–H and O–H groups in total. The number of hydrogen-bond acceptors (Lipinski definition) is 5. The summed E-state index contributed by atoms with van der Waals surface area (Å²) in [6, 6.07) is 0. The minimum atomic E-state index is 0.303. The smallest absolute Gasteiger partial charge is 0.232 e. The average molecular weight is 243 g/mol. The quantitative estimate of drug-likeness (QED) is 0.699. The number of H-pyrrole nitrogens is 1. The van der Waals surface area contributed by atoms with E-state index in [-0.39, 0.29) is 0 Å². The molecular formula is C11H13N7. The predicted octanol–water partition coefficient (Wildman–Crippen LogP) is 0.992. The van der Waals surface area contributed by atoms with E-state index < -0.39 is 0 Å². The van der Waals surface area contributed by atoms with Crippen LogP contribution in [0.5, 0.6) is 0 Å². The maximum atomic E-state index is 5.71. The van der Waals surface area contributed by atoms with Gasteiger partial charge in [0.2, 0.25) is 11.9 Å². The van der Waals surface area contributed by atoms with Gasteiger partial charge in [-0.25, -0.2) is 4.98 Å². The van der Waals surface area contributed by atoms with Crippen LogP contribution >= 0.6 is 0 Å². The SMILES string of the molecule is CCc1c(C)ncc2[nH]c(-n3ncnc3N)nc12. The molecule has 0 aliphatic carbocycles. The predicted molar refractivity (Wildman–Crippen MR) is 67.3 cm³/mol. The molecule has 3 heterocycles. The van der Waals surface area contributed by atoms with E-state index >= 15 is 0 Å². The number of pyridine rings is 1. The largest absolute Gasteiger partial charge is 0.368 e. The van der Waals surface area contributed by atoms with Gasteiger partial charge in [-0.3, -0.25) is 4.98 Å². The number of aryl methyl sites for hydroxylation is 2. The minimum Gasteiger partial charge on any atom is -0.368 e. The molecule has 18 heavy (non-hydrogen) atoms. The Labute approximate surface area is 103 Å². The lowest BCUT2D eigenvalue weighted by atomic mass is 10.1. The number of aromatic amines is 1. The number of nitrogens with two attached hydrogens (primary N) is 1. The van der Waals surface area contributed by atoms with Crippen LogP contribution in [0.4, 0.5) is 5.95 Å². The average Bonchev–Trinajstić information content (AvgIpc) is 2.94. The highest BCUT2D eigenvalue weighted by atomic mass is 15.4. The van der Waals surface area contributed by atoms with Crippen molar-refractivity contribution in [2.45, 2.75) is 20.3 Å². The zero-order valence-electron chi connectivity index (χ0n) is 10.2. The Bertz CT molecular complexity index is 709. The van der Waals surface area contributed by atoms with Crippen molar-refractivity contribution in [3.8, 4) is 5.95 Å². The number of nitrogen functional groups attached to an aromatic ring is 1. The molecule has 0 atom stereocenters. The van der Waals surface area contributed by atoms with E-state index in [0.29, 0.717) is 11.9 Å². The number of imidazole rings is 1. The zero-order valence-corrected chi connectivity index (χ0v) is 10.2. The van der Waals surface area contributed by atoms with E-state index in [4.69, 9.17) is 5.73 Å². The van der Waals surface area contributed by atoms with Gasteiger partial charge in [0, 0.05) is 11.3 Å². The first kappa shape index (κ1) is 10.7. The Morgan fingerprint density at radius 1 is 1.39 bits per heavy atom. The van der Waals surface area contributed by atoms with Crippen molar-refractivity contribution in [1.82, 2.24) is 29.7 Å². The highest BCUT2D eigenvalue weighted by Gasteiger charge is 2.12. The lowest BCUT2D eigenvalue weighted by molar-refractivity contribution is 0.838. The molecular weight excluding hydrogens is 230 g/mol. The topological polar surface area (TPSA) is 98.3 Å². The molecule has 0 saturated carbocycles. The summed E-state index contributed by atoms with van der Waals surface area (Å²) < 4.78 is 1.47. The first-order valence-electron chi connectivity index (χ1n) is 5.70. The van der Waals surface area contributed by atoms with Crippen LogP contribution in [0.25, 0.3) is 17.0 Å². The van der Waals surface area contributed by atoms with Gasteiger partial charge in [-0.15, -0.1) is 0 Å². The molecule has 0 saturated heterocycles. The maximum absolute atomic E-state index is 5.71. The maximum Gasteiger partial charge on any atom is 0.232 e. The number of rotatable bonds is 2.